The predicted octanol–water partition coefficient (Wildman–Crippen LogP) is 3.07. The predicted molar refractivity (Wildman–Crippen MR) is 106 cm³/mol. The summed E-state index contributed by atoms with van der Waals surface area (Å²) in [7, 11) is 0. The molecule has 0 bridgehead atoms. The Balaban J connectivity index is 1.84. The smallest absolute Gasteiger partial charge is 0.213 e. The monoisotopic (exact) mass is 384 g/mol. The van der Waals surface area contributed by atoms with E-state index in [4.69, 9.17) is 9.47 Å². The average molecular weight is 385 g/mol. The molecular formula is C18H28N2O3S2. The normalized spacial score (nSPS) is 16.8. The van der Waals surface area contributed by atoms with E-state index in [0.717, 1.165) is 38.4 Å². The molecule has 140 valence electrons. The van der Waals surface area contributed by atoms with Crippen LogP contribution in [-0.2, 0) is 9.53 Å². The lowest BCUT2D eigenvalue weighted by Crippen LogP contribution is -2.38. The molecule has 1 aliphatic rings. The minimum atomic E-state index is 0.0544. The molecule has 2 heterocycles. The zero-order valence-corrected chi connectivity index (χ0v) is 16.7. The number of Topliss-reactive ketones (excluding diaryl/α,β-unsaturated/α-hetero) is 1. The largest absolute Gasteiger partial charge is 0.476 e. The summed E-state index contributed by atoms with van der Waals surface area (Å²) in [5.41, 5.74) is 1.05. The molecular weight excluding hydrogens is 356 g/mol. The second-order valence-corrected chi connectivity index (χ2v) is 8.28. The van der Waals surface area contributed by atoms with E-state index in [1.807, 2.05) is 32.2 Å². The zero-order chi connectivity index (χ0) is 18.1. The first-order valence-corrected chi connectivity index (χ1v) is 10.4. The van der Waals surface area contributed by atoms with Crippen LogP contribution in [0.3, 0.4) is 0 Å². The molecule has 0 spiro atoms. The van der Waals surface area contributed by atoms with Crippen LogP contribution in [0.5, 0.6) is 5.88 Å². The van der Waals surface area contributed by atoms with E-state index in [0.29, 0.717) is 24.0 Å². The van der Waals surface area contributed by atoms with Gasteiger partial charge in [-0.1, -0.05) is 19.9 Å². The molecule has 0 N–H and O–H groups in total. The van der Waals surface area contributed by atoms with Crippen LogP contribution in [0.1, 0.15) is 31.1 Å². The molecule has 7 heteroatoms. The second-order valence-electron chi connectivity index (χ2n) is 6.34. The number of aromatic nitrogens is 1. The fourth-order valence-electron chi connectivity index (χ4n) is 2.55. The van der Waals surface area contributed by atoms with Crippen molar-refractivity contribution in [2.75, 3.05) is 44.5 Å². The molecule has 1 aromatic heterocycles. The molecule has 1 saturated heterocycles. The Morgan fingerprint density at radius 3 is 2.76 bits per heavy atom. The van der Waals surface area contributed by atoms with E-state index in [1.54, 1.807) is 11.8 Å². The highest BCUT2D eigenvalue weighted by atomic mass is 32.2. The lowest BCUT2D eigenvalue weighted by Gasteiger charge is -2.26. The maximum atomic E-state index is 12.1. The van der Waals surface area contributed by atoms with Crippen LogP contribution in [-0.4, -0.2) is 60.2 Å². The molecule has 2 rings (SSSR count). The van der Waals surface area contributed by atoms with Gasteiger partial charge in [-0.15, -0.1) is 11.8 Å². The number of hydrogen-bond acceptors (Lipinski definition) is 7. The number of thiol groups is 1. The number of thioether (sulfide) groups is 1. The minimum Gasteiger partial charge on any atom is -0.476 e. The van der Waals surface area contributed by atoms with Crippen molar-refractivity contribution in [3.8, 4) is 5.88 Å². The van der Waals surface area contributed by atoms with Gasteiger partial charge in [0.05, 0.1) is 13.2 Å². The van der Waals surface area contributed by atoms with Crippen LogP contribution in [0.25, 0.3) is 0 Å². The maximum absolute atomic E-state index is 12.1. The molecule has 0 aliphatic carbocycles. The number of hydrogen-bond donors (Lipinski definition) is 1. The van der Waals surface area contributed by atoms with Gasteiger partial charge in [-0.05, 0) is 5.56 Å². The van der Waals surface area contributed by atoms with E-state index < -0.39 is 0 Å². The van der Waals surface area contributed by atoms with Gasteiger partial charge < -0.3 is 9.47 Å². The molecule has 1 aromatic rings. The van der Waals surface area contributed by atoms with Crippen molar-refractivity contribution in [2.45, 2.75) is 25.5 Å². The van der Waals surface area contributed by atoms with Crippen LogP contribution in [0.2, 0.25) is 0 Å². The number of nitrogens with zero attached hydrogens (tertiary/aromatic N) is 2. The molecule has 1 atom stereocenters. The van der Waals surface area contributed by atoms with E-state index in [2.05, 4.69) is 22.5 Å². The fraction of sp³-hybridized carbons (Fsp3) is 0.667. The Hall–Kier alpha value is -0.760. The third-order valence-electron chi connectivity index (χ3n) is 4.20. The van der Waals surface area contributed by atoms with Crippen LogP contribution in [0, 0.1) is 5.92 Å². The summed E-state index contributed by atoms with van der Waals surface area (Å²) >= 11 is 5.96. The Bertz CT molecular complexity index is 520. The Morgan fingerprint density at radius 2 is 2.16 bits per heavy atom. The first-order valence-electron chi connectivity index (χ1n) is 8.74. The summed E-state index contributed by atoms with van der Waals surface area (Å²) in [6.07, 6.45) is 2.33. The van der Waals surface area contributed by atoms with Gasteiger partial charge in [-0.25, -0.2) is 4.98 Å². The van der Waals surface area contributed by atoms with Gasteiger partial charge in [0.15, 0.2) is 0 Å². The number of pyridine rings is 1. The van der Waals surface area contributed by atoms with Gasteiger partial charge in [0, 0.05) is 54.6 Å². The van der Waals surface area contributed by atoms with Gasteiger partial charge in [-0.2, -0.15) is 12.6 Å². The standard InChI is InChI=1S/C18H28N2O3S2/c1-14(2)16(21)11-17(25-13-24)15-3-4-18(19-12-15)23-10-7-20-5-8-22-9-6-20/h3-4,12,14,17,24H,5-11,13H2,1-2H3. The SMILES string of the molecule is CC(C)C(=O)CC(SCS)c1ccc(OCCN2CCOCC2)nc1. The molecule has 0 saturated carbocycles. The second kappa shape index (κ2) is 11.1. The van der Waals surface area contributed by atoms with E-state index in [1.165, 1.54) is 0 Å². The van der Waals surface area contributed by atoms with Crippen molar-refractivity contribution < 1.29 is 14.3 Å². The van der Waals surface area contributed by atoms with Crippen LogP contribution < -0.4 is 4.74 Å². The van der Waals surface area contributed by atoms with Crippen molar-refractivity contribution in [1.29, 1.82) is 0 Å². The number of ketones is 1. The lowest BCUT2D eigenvalue weighted by atomic mass is 10.0. The maximum Gasteiger partial charge on any atom is 0.213 e. The molecule has 1 fully saturated rings. The molecule has 1 unspecified atom stereocenters. The number of morpholine rings is 1. The van der Waals surface area contributed by atoms with Gasteiger partial charge in [-0.3, -0.25) is 9.69 Å². The van der Waals surface area contributed by atoms with Gasteiger partial charge >= 0.3 is 0 Å². The van der Waals surface area contributed by atoms with E-state index >= 15 is 0 Å². The molecule has 25 heavy (non-hydrogen) atoms. The minimum absolute atomic E-state index is 0.0544. The number of carbonyl (C=O) groups excluding carboxylic acids is 1. The van der Waals surface area contributed by atoms with E-state index in [9.17, 15) is 4.79 Å². The molecule has 0 aromatic carbocycles. The summed E-state index contributed by atoms with van der Waals surface area (Å²) in [6, 6.07) is 3.90. The van der Waals surface area contributed by atoms with Crippen molar-refractivity contribution in [3.63, 3.8) is 0 Å². The first-order chi connectivity index (χ1) is 12.1. The van der Waals surface area contributed by atoms with Crippen LogP contribution in [0.4, 0.5) is 0 Å². The number of ether oxygens (including phenoxy) is 2. The van der Waals surface area contributed by atoms with Crippen molar-refractivity contribution in [2.24, 2.45) is 5.92 Å². The summed E-state index contributed by atoms with van der Waals surface area (Å²) in [5.74, 6) is 0.950. The Kier molecular flexibility index (Phi) is 9.09. The summed E-state index contributed by atoms with van der Waals surface area (Å²) < 4.78 is 11.1. The third kappa shape index (κ3) is 7.17. The van der Waals surface area contributed by atoms with Crippen molar-refractivity contribution in [1.82, 2.24) is 9.88 Å². The molecule has 5 nitrogen and oxygen atoms in total. The first kappa shape index (κ1) is 20.6. The average Bonchev–Trinajstić information content (AvgIpc) is 2.63. The summed E-state index contributed by atoms with van der Waals surface area (Å²) in [5, 5.41) is 0.774. The van der Waals surface area contributed by atoms with Crippen molar-refractivity contribution >= 4 is 30.2 Å². The lowest BCUT2D eigenvalue weighted by molar-refractivity contribution is -0.121. The summed E-state index contributed by atoms with van der Waals surface area (Å²) in [4.78, 5) is 18.8. The van der Waals surface area contributed by atoms with Crippen LogP contribution >= 0.6 is 24.4 Å². The number of rotatable bonds is 10. The number of carbonyl (C=O) groups is 1. The quantitative estimate of drug-likeness (QED) is 0.494. The summed E-state index contributed by atoms with van der Waals surface area (Å²) in [6.45, 7) is 8.90. The highest BCUT2D eigenvalue weighted by molar-refractivity contribution is 8.09. The zero-order valence-electron chi connectivity index (χ0n) is 15.0. The fourth-order valence-corrected chi connectivity index (χ4v) is 3.89. The third-order valence-corrected chi connectivity index (χ3v) is 5.64. The Labute approximate surface area is 160 Å². The van der Waals surface area contributed by atoms with Gasteiger partial charge in [0.2, 0.25) is 5.88 Å². The molecule has 1 aliphatic heterocycles. The highest BCUT2D eigenvalue weighted by Crippen LogP contribution is 2.33. The van der Waals surface area contributed by atoms with Gasteiger partial charge in [0.25, 0.3) is 0 Å². The molecule has 0 radical (unpaired) electrons. The van der Waals surface area contributed by atoms with Crippen LogP contribution in [0.15, 0.2) is 18.3 Å². The van der Waals surface area contributed by atoms with E-state index in [-0.39, 0.29) is 17.0 Å². The van der Waals surface area contributed by atoms with Gasteiger partial charge in [0.1, 0.15) is 12.4 Å². The molecule has 0 amide bonds. The topological polar surface area (TPSA) is 51.7 Å². The Morgan fingerprint density at radius 1 is 1.40 bits per heavy atom. The highest BCUT2D eigenvalue weighted by Gasteiger charge is 2.18. The van der Waals surface area contributed by atoms with Crippen molar-refractivity contribution in [3.05, 3.63) is 23.9 Å².